The number of rotatable bonds is 1. The predicted octanol–water partition coefficient (Wildman–Crippen LogP) is 3.30. The largest absolute Gasteiger partial charge is 0.251 e. The molecule has 0 saturated carbocycles. The zero-order chi connectivity index (χ0) is 10.1. The van der Waals surface area contributed by atoms with Crippen LogP contribution in [0.15, 0.2) is 12.1 Å². The first-order valence-electron chi connectivity index (χ1n) is 4.80. The van der Waals surface area contributed by atoms with Crippen LogP contribution in [0.4, 0.5) is 0 Å². The van der Waals surface area contributed by atoms with Crippen LogP contribution in [0.2, 0.25) is 0 Å². The summed E-state index contributed by atoms with van der Waals surface area (Å²) < 4.78 is 0. The molecule has 0 spiro atoms. The summed E-state index contributed by atoms with van der Waals surface area (Å²) >= 11 is 0. The monoisotopic (exact) mass is 176 g/mol. The first-order chi connectivity index (χ1) is 5.91. The molecule has 0 aliphatic rings. The molecule has 13 heavy (non-hydrogen) atoms. The highest BCUT2D eigenvalue weighted by molar-refractivity contribution is 5.24. The quantitative estimate of drug-likeness (QED) is 0.639. The minimum Gasteiger partial charge on any atom is -0.251 e. The van der Waals surface area contributed by atoms with Gasteiger partial charge in [-0.15, -0.1) is 0 Å². The molecule has 1 rings (SSSR count). The van der Waals surface area contributed by atoms with Gasteiger partial charge in [0, 0.05) is 5.69 Å². The molecule has 0 aliphatic carbocycles. The Morgan fingerprint density at radius 1 is 1.31 bits per heavy atom. The van der Waals surface area contributed by atoms with Crippen molar-refractivity contribution in [2.24, 2.45) is 0 Å². The number of aromatic nitrogens is 1. The first kappa shape index (κ1) is 10.2. The Bertz CT molecular complexity index is 281. The van der Waals surface area contributed by atoms with Gasteiger partial charge in [0.05, 0.1) is 6.20 Å². The van der Waals surface area contributed by atoms with Gasteiger partial charge in [0.2, 0.25) is 0 Å². The maximum Gasteiger partial charge on any atom is 0.0892 e. The van der Waals surface area contributed by atoms with Crippen LogP contribution in [-0.2, 0) is 5.41 Å². The normalized spacial score (nSPS) is 12.2. The Labute approximate surface area is 81.2 Å². The smallest absolute Gasteiger partial charge is 0.0892 e. The molecule has 0 amide bonds. The first-order valence-corrected chi connectivity index (χ1v) is 4.80. The van der Waals surface area contributed by atoms with Gasteiger partial charge in [-0.05, 0) is 29.0 Å². The molecule has 0 bridgehead atoms. The lowest BCUT2D eigenvalue weighted by Gasteiger charge is -2.19. The molecular weight excluding hydrogens is 158 g/mol. The molecule has 0 aliphatic heterocycles. The highest BCUT2D eigenvalue weighted by atomic mass is 14.7. The molecule has 1 nitrogen and oxygen atoms in total. The summed E-state index contributed by atoms with van der Waals surface area (Å²) in [5, 5.41) is 0. The van der Waals surface area contributed by atoms with Crippen molar-refractivity contribution < 1.29 is 0 Å². The van der Waals surface area contributed by atoms with E-state index in [1.165, 1.54) is 5.56 Å². The third kappa shape index (κ3) is 2.55. The maximum atomic E-state index is 4.23. The molecule has 0 fully saturated rings. The minimum atomic E-state index is 0.198. The number of nitrogens with zero attached hydrogens (tertiary/aromatic N) is 1. The zero-order valence-electron chi connectivity index (χ0n) is 9.18. The SMILES string of the molecule is CC(C)c1cc(C(C)(C)C)c[c]n1. The topological polar surface area (TPSA) is 12.9 Å². The molecule has 0 unspecified atom stereocenters. The van der Waals surface area contributed by atoms with Crippen LogP contribution in [0.3, 0.4) is 0 Å². The van der Waals surface area contributed by atoms with E-state index in [9.17, 15) is 0 Å². The second-order valence-corrected chi connectivity index (χ2v) is 4.81. The fraction of sp³-hybridized carbons (Fsp3) is 0.583. The molecular formula is C12H18N. The molecule has 1 radical (unpaired) electrons. The molecule has 1 heteroatoms. The van der Waals surface area contributed by atoms with Crippen LogP contribution in [0.5, 0.6) is 0 Å². The fourth-order valence-electron chi connectivity index (χ4n) is 1.14. The van der Waals surface area contributed by atoms with Gasteiger partial charge in [-0.3, -0.25) is 4.98 Å². The summed E-state index contributed by atoms with van der Waals surface area (Å²) in [4.78, 5) is 4.23. The van der Waals surface area contributed by atoms with E-state index < -0.39 is 0 Å². The Morgan fingerprint density at radius 3 is 2.38 bits per heavy atom. The average Bonchev–Trinajstić information content (AvgIpc) is 2.03. The van der Waals surface area contributed by atoms with E-state index >= 15 is 0 Å². The third-order valence-corrected chi connectivity index (χ3v) is 2.17. The summed E-state index contributed by atoms with van der Waals surface area (Å²) in [5.74, 6) is 0.485. The van der Waals surface area contributed by atoms with E-state index in [-0.39, 0.29) is 5.41 Å². The summed E-state index contributed by atoms with van der Waals surface area (Å²) in [6.07, 6.45) is 2.97. The number of hydrogen-bond donors (Lipinski definition) is 0. The van der Waals surface area contributed by atoms with Gasteiger partial charge in [-0.1, -0.05) is 34.6 Å². The van der Waals surface area contributed by atoms with Crippen LogP contribution in [0.25, 0.3) is 0 Å². The minimum absolute atomic E-state index is 0.198. The Hall–Kier alpha value is -0.850. The van der Waals surface area contributed by atoms with E-state index in [4.69, 9.17) is 0 Å². The second-order valence-electron chi connectivity index (χ2n) is 4.81. The van der Waals surface area contributed by atoms with Gasteiger partial charge in [0.15, 0.2) is 0 Å². The van der Waals surface area contributed by atoms with E-state index in [0.717, 1.165) is 5.69 Å². The van der Waals surface area contributed by atoms with Gasteiger partial charge in [0.25, 0.3) is 0 Å². The van der Waals surface area contributed by atoms with Crippen molar-refractivity contribution in [3.8, 4) is 0 Å². The number of pyridine rings is 1. The summed E-state index contributed by atoms with van der Waals surface area (Å²) in [5.41, 5.74) is 2.64. The predicted molar refractivity (Wildman–Crippen MR) is 55.9 cm³/mol. The van der Waals surface area contributed by atoms with Crippen LogP contribution in [0, 0.1) is 6.20 Å². The molecule has 0 saturated heterocycles. The second kappa shape index (κ2) is 3.49. The van der Waals surface area contributed by atoms with E-state index in [0.29, 0.717) is 5.92 Å². The van der Waals surface area contributed by atoms with E-state index in [2.05, 4.69) is 51.9 Å². The van der Waals surface area contributed by atoms with Crippen molar-refractivity contribution in [1.82, 2.24) is 4.98 Å². The lowest BCUT2D eigenvalue weighted by molar-refractivity contribution is 0.586. The Kier molecular flexibility index (Phi) is 2.74. The van der Waals surface area contributed by atoms with Crippen LogP contribution in [0.1, 0.15) is 51.8 Å². The molecule has 1 heterocycles. The van der Waals surface area contributed by atoms with Crippen molar-refractivity contribution in [1.29, 1.82) is 0 Å². The fourth-order valence-corrected chi connectivity index (χ4v) is 1.14. The average molecular weight is 176 g/mol. The molecule has 0 N–H and O–H groups in total. The van der Waals surface area contributed by atoms with Crippen LogP contribution in [-0.4, -0.2) is 4.98 Å². The van der Waals surface area contributed by atoms with Gasteiger partial charge in [-0.25, -0.2) is 0 Å². The lowest BCUT2D eigenvalue weighted by Crippen LogP contribution is -2.12. The van der Waals surface area contributed by atoms with Crippen LogP contribution >= 0.6 is 0 Å². The van der Waals surface area contributed by atoms with Crippen molar-refractivity contribution in [3.63, 3.8) is 0 Å². The molecule has 0 atom stereocenters. The van der Waals surface area contributed by atoms with E-state index in [1.807, 2.05) is 6.07 Å². The zero-order valence-corrected chi connectivity index (χ0v) is 9.18. The number of hydrogen-bond acceptors (Lipinski definition) is 1. The lowest BCUT2D eigenvalue weighted by atomic mass is 9.86. The van der Waals surface area contributed by atoms with Crippen molar-refractivity contribution in [2.45, 2.75) is 46.0 Å². The maximum absolute atomic E-state index is 4.23. The van der Waals surface area contributed by atoms with Crippen molar-refractivity contribution in [3.05, 3.63) is 29.6 Å². The Balaban J connectivity index is 3.06. The van der Waals surface area contributed by atoms with Gasteiger partial charge >= 0.3 is 0 Å². The molecule has 1 aromatic rings. The molecule has 71 valence electrons. The van der Waals surface area contributed by atoms with E-state index in [1.54, 1.807) is 0 Å². The summed E-state index contributed by atoms with van der Waals surface area (Å²) in [6.45, 7) is 10.9. The molecule has 0 aromatic carbocycles. The van der Waals surface area contributed by atoms with Gasteiger partial charge in [-0.2, -0.15) is 0 Å². The van der Waals surface area contributed by atoms with Crippen molar-refractivity contribution in [2.75, 3.05) is 0 Å². The van der Waals surface area contributed by atoms with Gasteiger partial charge < -0.3 is 0 Å². The highest BCUT2D eigenvalue weighted by Gasteiger charge is 2.14. The Morgan fingerprint density at radius 2 is 1.92 bits per heavy atom. The summed E-state index contributed by atoms with van der Waals surface area (Å²) in [6, 6.07) is 4.16. The summed E-state index contributed by atoms with van der Waals surface area (Å²) in [7, 11) is 0. The van der Waals surface area contributed by atoms with Crippen molar-refractivity contribution >= 4 is 0 Å². The standard InChI is InChI=1S/C12H18N/c1-9(2)11-8-10(6-7-13-11)12(3,4)5/h6,8-9H,1-5H3. The third-order valence-electron chi connectivity index (χ3n) is 2.17. The van der Waals surface area contributed by atoms with Crippen LogP contribution < -0.4 is 0 Å². The molecule has 1 aromatic heterocycles. The van der Waals surface area contributed by atoms with Gasteiger partial charge in [0.1, 0.15) is 0 Å². The highest BCUT2D eigenvalue weighted by Crippen LogP contribution is 2.23.